The number of amides is 1. The van der Waals surface area contributed by atoms with Crippen molar-refractivity contribution in [2.24, 2.45) is 17.8 Å². The van der Waals surface area contributed by atoms with Crippen molar-refractivity contribution in [3.63, 3.8) is 0 Å². The molecule has 7 unspecified atom stereocenters. The SMILES string of the molecule is CC1CC(C(=O)N[C@@H]2CCC3CC(C4NOC(C(F)F)N4)CCC32)NCN1. The van der Waals surface area contributed by atoms with Crippen LogP contribution in [0.2, 0.25) is 0 Å². The second-order valence-electron chi connectivity index (χ2n) is 8.60. The Morgan fingerprint density at radius 3 is 2.67 bits per heavy atom. The molecule has 8 atom stereocenters. The molecule has 2 heterocycles. The van der Waals surface area contributed by atoms with Gasteiger partial charge in [-0.2, -0.15) is 5.48 Å². The van der Waals surface area contributed by atoms with Crippen LogP contribution in [-0.4, -0.2) is 49.5 Å². The molecular formula is C18H31F2N5O2. The van der Waals surface area contributed by atoms with Gasteiger partial charge in [-0.15, -0.1) is 0 Å². The van der Waals surface area contributed by atoms with Gasteiger partial charge in [0.1, 0.15) is 0 Å². The second kappa shape index (κ2) is 8.24. The summed E-state index contributed by atoms with van der Waals surface area (Å²) < 4.78 is 25.5. The molecule has 5 N–H and O–H groups in total. The molecule has 4 fully saturated rings. The molecular weight excluding hydrogens is 356 g/mol. The maximum Gasteiger partial charge on any atom is 0.279 e. The quantitative estimate of drug-likeness (QED) is 0.487. The summed E-state index contributed by atoms with van der Waals surface area (Å²) >= 11 is 0. The Morgan fingerprint density at radius 1 is 1.11 bits per heavy atom. The van der Waals surface area contributed by atoms with Gasteiger partial charge < -0.3 is 10.6 Å². The van der Waals surface area contributed by atoms with Crippen molar-refractivity contribution in [1.29, 1.82) is 0 Å². The highest BCUT2D eigenvalue weighted by atomic mass is 19.3. The van der Waals surface area contributed by atoms with E-state index < -0.39 is 12.7 Å². The zero-order valence-corrected chi connectivity index (χ0v) is 15.7. The van der Waals surface area contributed by atoms with Gasteiger partial charge in [0.05, 0.1) is 12.2 Å². The van der Waals surface area contributed by atoms with Crippen LogP contribution >= 0.6 is 0 Å². The molecule has 1 amide bonds. The first kappa shape index (κ1) is 19.4. The highest BCUT2D eigenvalue weighted by Crippen LogP contribution is 2.45. The molecule has 0 radical (unpaired) electrons. The van der Waals surface area contributed by atoms with Crippen molar-refractivity contribution in [2.75, 3.05) is 6.67 Å². The smallest absolute Gasteiger partial charge is 0.279 e. The fourth-order valence-corrected chi connectivity index (χ4v) is 5.38. The number of alkyl halides is 2. The van der Waals surface area contributed by atoms with E-state index in [4.69, 9.17) is 4.84 Å². The Balaban J connectivity index is 1.27. The Morgan fingerprint density at radius 2 is 1.93 bits per heavy atom. The average Bonchev–Trinajstić information content (AvgIpc) is 3.29. The van der Waals surface area contributed by atoms with Gasteiger partial charge in [-0.25, -0.2) is 8.78 Å². The van der Waals surface area contributed by atoms with Gasteiger partial charge in [0.2, 0.25) is 5.91 Å². The van der Waals surface area contributed by atoms with E-state index in [9.17, 15) is 13.6 Å². The lowest BCUT2D eigenvalue weighted by Crippen LogP contribution is -2.57. The largest absolute Gasteiger partial charge is 0.352 e. The summed E-state index contributed by atoms with van der Waals surface area (Å²) in [4.78, 5) is 17.6. The molecule has 4 aliphatic rings. The first-order valence-electron chi connectivity index (χ1n) is 10.2. The number of hydroxylamine groups is 1. The van der Waals surface area contributed by atoms with Crippen LogP contribution in [0.15, 0.2) is 0 Å². The summed E-state index contributed by atoms with van der Waals surface area (Å²) in [6.07, 6.45) is 1.92. The zero-order chi connectivity index (χ0) is 19.0. The van der Waals surface area contributed by atoms with Crippen molar-refractivity contribution < 1.29 is 18.4 Å². The summed E-state index contributed by atoms with van der Waals surface area (Å²) in [6, 6.07) is 0.469. The minimum Gasteiger partial charge on any atom is -0.352 e. The fraction of sp³-hybridized carbons (Fsp3) is 0.944. The van der Waals surface area contributed by atoms with Crippen molar-refractivity contribution >= 4 is 5.91 Å². The minimum atomic E-state index is -2.53. The van der Waals surface area contributed by atoms with Gasteiger partial charge in [-0.1, -0.05) is 0 Å². The van der Waals surface area contributed by atoms with Gasteiger partial charge in [0, 0.05) is 18.8 Å². The highest BCUT2D eigenvalue weighted by Gasteiger charge is 2.45. The molecule has 27 heavy (non-hydrogen) atoms. The zero-order valence-electron chi connectivity index (χ0n) is 15.7. The molecule has 0 aromatic rings. The van der Waals surface area contributed by atoms with E-state index in [1.165, 1.54) is 0 Å². The lowest BCUT2D eigenvalue weighted by atomic mass is 9.73. The molecule has 0 aromatic heterocycles. The lowest BCUT2D eigenvalue weighted by Gasteiger charge is -2.37. The molecule has 2 saturated heterocycles. The van der Waals surface area contributed by atoms with E-state index >= 15 is 0 Å². The van der Waals surface area contributed by atoms with Crippen LogP contribution in [0.1, 0.15) is 45.4 Å². The number of hydrogen-bond donors (Lipinski definition) is 5. The summed E-state index contributed by atoms with van der Waals surface area (Å²) in [5, 5.41) is 12.7. The van der Waals surface area contributed by atoms with E-state index in [0.29, 0.717) is 24.5 Å². The molecule has 2 aliphatic heterocycles. The van der Waals surface area contributed by atoms with Crippen LogP contribution in [0.3, 0.4) is 0 Å². The number of carbonyl (C=O) groups excluding carboxylic acids is 1. The molecule has 2 aliphatic carbocycles. The topological polar surface area (TPSA) is 86.5 Å². The van der Waals surface area contributed by atoms with Crippen molar-refractivity contribution in [3.05, 3.63) is 0 Å². The third kappa shape index (κ3) is 4.27. The van der Waals surface area contributed by atoms with Crippen LogP contribution in [0.5, 0.6) is 0 Å². The molecule has 0 spiro atoms. The van der Waals surface area contributed by atoms with E-state index in [-0.39, 0.29) is 30.1 Å². The molecule has 7 nitrogen and oxygen atoms in total. The number of carbonyl (C=O) groups is 1. The van der Waals surface area contributed by atoms with Crippen LogP contribution in [0.25, 0.3) is 0 Å². The van der Waals surface area contributed by atoms with E-state index in [1.807, 2.05) is 0 Å². The minimum absolute atomic E-state index is 0.114. The van der Waals surface area contributed by atoms with E-state index in [1.54, 1.807) is 0 Å². The van der Waals surface area contributed by atoms with Crippen LogP contribution < -0.4 is 26.7 Å². The summed E-state index contributed by atoms with van der Waals surface area (Å²) in [5.41, 5.74) is 2.75. The first-order valence-corrected chi connectivity index (χ1v) is 10.2. The normalized spacial score (nSPS) is 45.0. The van der Waals surface area contributed by atoms with Gasteiger partial charge in [0.15, 0.2) is 6.23 Å². The van der Waals surface area contributed by atoms with Gasteiger partial charge in [0.25, 0.3) is 6.43 Å². The van der Waals surface area contributed by atoms with Crippen LogP contribution in [0.4, 0.5) is 8.78 Å². The predicted molar refractivity (Wildman–Crippen MR) is 95.4 cm³/mol. The predicted octanol–water partition coefficient (Wildman–Crippen LogP) is 0.637. The fourth-order valence-electron chi connectivity index (χ4n) is 5.38. The Labute approximate surface area is 158 Å². The second-order valence-corrected chi connectivity index (χ2v) is 8.60. The molecule has 4 rings (SSSR count). The Kier molecular flexibility index (Phi) is 5.94. The van der Waals surface area contributed by atoms with Crippen molar-refractivity contribution in [3.8, 4) is 0 Å². The standard InChI is InChI=1S/C18H31F2N5O2/c1-9-6-14(22-8-21-9)17(26)23-13-5-3-10-7-11(2-4-12(10)13)16-24-18(15(19)20)27-25-16/h9-16,18,21-22,24-25H,2-8H2,1H3,(H,23,26)/t9?,10?,11?,12?,13-,14?,16?,18?/m1/s1. The molecule has 0 aromatic carbocycles. The van der Waals surface area contributed by atoms with E-state index in [2.05, 4.69) is 33.7 Å². The lowest BCUT2D eigenvalue weighted by molar-refractivity contribution is -0.125. The Bertz CT molecular complexity index is 540. The Hall–Kier alpha value is -0.870. The molecule has 2 saturated carbocycles. The maximum atomic E-state index is 12.8. The number of fused-ring (bicyclic) bond motifs is 1. The number of halogens is 2. The maximum absolute atomic E-state index is 12.8. The van der Waals surface area contributed by atoms with Gasteiger partial charge >= 0.3 is 0 Å². The van der Waals surface area contributed by atoms with Crippen molar-refractivity contribution in [1.82, 2.24) is 26.7 Å². The molecule has 154 valence electrons. The van der Waals surface area contributed by atoms with E-state index in [0.717, 1.165) is 38.5 Å². The van der Waals surface area contributed by atoms with Crippen molar-refractivity contribution in [2.45, 2.75) is 82.4 Å². The average molecular weight is 387 g/mol. The number of rotatable bonds is 4. The first-order chi connectivity index (χ1) is 13.0. The summed E-state index contributed by atoms with van der Waals surface area (Å²) in [5.74, 6) is 1.44. The van der Waals surface area contributed by atoms with Crippen LogP contribution in [0, 0.1) is 17.8 Å². The van der Waals surface area contributed by atoms with Gasteiger partial charge in [-0.05, 0) is 63.2 Å². The summed E-state index contributed by atoms with van der Waals surface area (Å²) in [7, 11) is 0. The third-order valence-electron chi connectivity index (χ3n) is 6.85. The highest BCUT2D eigenvalue weighted by molar-refractivity contribution is 5.82. The van der Waals surface area contributed by atoms with Crippen LogP contribution in [-0.2, 0) is 9.63 Å². The monoisotopic (exact) mass is 387 g/mol. The molecule has 9 heteroatoms. The number of hydrogen-bond acceptors (Lipinski definition) is 6. The number of nitrogens with one attached hydrogen (secondary N) is 5. The molecule has 0 bridgehead atoms. The van der Waals surface area contributed by atoms with Gasteiger partial charge in [-0.3, -0.25) is 20.3 Å². The summed E-state index contributed by atoms with van der Waals surface area (Å²) in [6.45, 7) is 2.77. The third-order valence-corrected chi connectivity index (χ3v) is 6.85.